The van der Waals surface area contributed by atoms with E-state index in [9.17, 15) is 9.59 Å². The topological polar surface area (TPSA) is 67.2 Å². The first kappa shape index (κ1) is 23.8. The van der Waals surface area contributed by atoms with Crippen LogP contribution in [0, 0.1) is 5.92 Å². The number of likely N-dealkylation sites (N-methyl/N-ethyl adjacent to an activating group) is 1. The van der Waals surface area contributed by atoms with E-state index in [-0.39, 0.29) is 24.3 Å². The summed E-state index contributed by atoms with van der Waals surface area (Å²) in [4.78, 5) is 26.8. The average Bonchev–Trinajstić information content (AvgIpc) is 3.17. The van der Waals surface area contributed by atoms with Gasteiger partial charge in [-0.05, 0) is 31.0 Å². The molecular weight excluding hydrogens is 447 g/mol. The molecule has 0 bridgehead atoms. The minimum atomic E-state index is -0.301. The third kappa shape index (κ3) is 5.90. The number of carbonyl (C=O) groups excluding carboxylic acids is 2. The molecule has 0 radical (unpaired) electrons. The van der Waals surface area contributed by atoms with Crippen LogP contribution in [0.1, 0.15) is 27.2 Å². The average molecular weight is 473 g/mol. The van der Waals surface area contributed by atoms with Crippen LogP contribution in [0.2, 0.25) is 10.0 Å². The molecule has 1 N–H and O–H groups in total. The smallest absolute Gasteiger partial charge is 0.245 e. The van der Waals surface area contributed by atoms with Crippen molar-refractivity contribution in [3.63, 3.8) is 0 Å². The molecule has 168 valence electrons. The van der Waals surface area contributed by atoms with Gasteiger partial charge in [-0.1, -0.05) is 67.4 Å². The first-order chi connectivity index (χ1) is 15.3. The molecule has 0 aliphatic heterocycles. The Morgan fingerprint density at radius 2 is 1.78 bits per heavy atom. The first-order valence-corrected chi connectivity index (χ1v) is 11.2. The highest BCUT2D eigenvalue weighted by molar-refractivity contribution is 6.42. The zero-order valence-electron chi connectivity index (χ0n) is 18.3. The first-order valence-electron chi connectivity index (χ1n) is 10.5. The normalized spacial score (nSPS) is 10.9. The molecular formula is C24H26Cl2N4O2. The van der Waals surface area contributed by atoms with Gasteiger partial charge in [0, 0.05) is 24.6 Å². The second-order valence-corrected chi connectivity index (χ2v) is 8.66. The van der Waals surface area contributed by atoms with E-state index in [1.54, 1.807) is 33.8 Å². The zero-order valence-corrected chi connectivity index (χ0v) is 19.8. The van der Waals surface area contributed by atoms with Gasteiger partial charge in [0.05, 0.1) is 28.0 Å². The van der Waals surface area contributed by atoms with Crippen LogP contribution in [0.15, 0.2) is 54.6 Å². The van der Waals surface area contributed by atoms with Crippen molar-refractivity contribution in [3.05, 3.63) is 64.6 Å². The lowest BCUT2D eigenvalue weighted by Gasteiger charge is -2.21. The highest BCUT2D eigenvalue weighted by Crippen LogP contribution is 2.29. The maximum atomic E-state index is 12.8. The fourth-order valence-electron chi connectivity index (χ4n) is 3.24. The molecule has 0 saturated carbocycles. The Morgan fingerprint density at radius 3 is 2.41 bits per heavy atom. The van der Waals surface area contributed by atoms with E-state index in [0.717, 1.165) is 5.56 Å². The van der Waals surface area contributed by atoms with Crippen molar-refractivity contribution in [2.45, 2.75) is 27.2 Å². The number of hydrogen-bond donors (Lipinski definition) is 1. The van der Waals surface area contributed by atoms with Crippen LogP contribution < -0.4 is 5.32 Å². The molecule has 2 aromatic carbocycles. The molecule has 8 heteroatoms. The van der Waals surface area contributed by atoms with Gasteiger partial charge in [0.25, 0.3) is 0 Å². The van der Waals surface area contributed by atoms with Crippen molar-refractivity contribution >= 4 is 40.8 Å². The number of nitrogens with zero attached hydrogens (tertiary/aromatic N) is 3. The monoisotopic (exact) mass is 472 g/mol. The van der Waals surface area contributed by atoms with Crippen LogP contribution in [-0.2, 0) is 9.59 Å². The van der Waals surface area contributed by atoms with E-state index in [2.05, 4.69) is 10.4 Å². The molecule has 1 heterocycles. The van der Waals surface area contributed by atoms with Crippen molar-refractivity contribution in [3.8, 4) is 16.9 Å². The number of rotatable bonds is 8. The van der Waals surface area contributed by atoms with Crippen LogP contribution in [-0.4, -0.2) is 39.6 Å². The predicted molar refractivity (Wildman–Crippen MR) is 129 cm³/mol. The van der Waals surface area contributed by atoms with Crippen molar-refractivity contribution in [1.29, 1.82) is 0 Å². The van der Waals surface area contributed by atoms with Gasteiger partial charge >= 0.3 is 0 Å². The van der Waals surface area contributed by atoms with E-state index in [1.807, 2.05) is 51.1 Å². The molecule has 32 heavy (non-hydrogen) atoms. The third-order valence-corrected chi connectivity index (χ3v) is 5.58. The van der Waals surface area contributed by atoms with Gasteiger partial charge in [0.15, 0.2) is 0 Å². The molecule has 0 fully saturated rings. The number of hydrogen-bond acceptors (Lipinski definition) is 3. The van der Waals surface area contributed by atoms with Gasteiger partial charge < -0.3 is 10.2 Å². The summed E-state index contributed by atoms with van der Waals surface area (Å²) in [5.74, 6) is 0.356. The van der Waals surface area contributed by atoms with Gasteiger partial charge in [0.2, 0.25) is 11.8 Å². The van der Waals surface area contributed by atoms with Crippen LogP contribution >= 0.6 is 23.2 Å². The van der Waals surface area contributed by atoms with Crippen LogP contribution in [0.5, 0.6) is 0 Å². The molecule has 0 atom stereocenters. The minimum absolute atomic E-state index is 0.0325. The number of benzene rings is 2. The summed E-state index contributed by atoms with van der Waals surface area (Å²) in [6.45, 7) is 6.24. The number of aromatic nitrogens is 2. The molecule has 6 nitrogen and oxygen atoms in total. The number of carbonyl (C=O) groups is 2. The van der Waals surface area contributed by atoms with Gasteiger partial charge in [-0.2, -0.15) is 5.10 Å². The second kappa shape index (κ2) is 10.7. The third-order valence-electron chi connectivity index (χ3n) is 4.85. The molecule has 0 spiro atoms. The number of amides is 2. The molecule has 1 aromatic heterocycles. The van der Waals surface area contributed by atoms with E-state index in [1.165, 1.54) is 0 Å². The van der Waals surface area contributed by atoms with Gasteiger partial charge in [0.1, 0.15) is 5.82 Å². The summed E-state index contributed by atoms with van der Waals surface area (Å²) in [6, 6.07) is 16.6. The molecule has 0 aliphatic rings. The Balaban J connectivity index is 1.90. The molecule has 2 amide bonds. The summed E-state index contributed by atoms with van der Waals surface area (Å²) in [5, 5.41) is 8.38. The molecule has 3 aromatic rings. The summed E-state index contributed by atoms with van der Waals surface area (Å²) in [6.07, 6.45) is 0.403. The SMILES string of the molecule is CCN(CC(=O)Nc1cc(-c2ccccc2)nn1-c1ccc(Cl)c(Cl)c1)C(=O)CC(C)C. The summed E-state index contributed by atoms with van der Waals surface area (Å²) in [7, 11) is 0. The Bertz CT molecular complexity index is 1100. The van der Waals surface area contributed by atoms with Gasteiger partial charge in [-0.15, -0.1) is 0 Å². The summed E-state index contributed by atoms with van der Waals surface area (Å²) >= 11 is 12.3. The maximum Gasteiger partial charge on any atom is 0.245 e. The standard InChI is InChI=1S/C24H26Cl2N4O2/c1-4-29(24(32)12-16(2)3)15-23(31)27-22-14-21(17-8-6-5-7-9-17)28-30(22)18-10-11-19(25)20(26)13-18/h5-11,13-14,16H,4,12,15H2,1-3H3,(H,27,31). The number of halogens is 2. The molecule has 0 saturated heterocycles. The fourth-order valence-corrected chi connectivity index (χ4v) is 3.54. The Morgan fingerprint density at radius 1 is 1.06 bits per heavy atom. The van der Waals surface area contributed by atoms with E-state index < -0.39 is 0 Å². The fraction of sp³-hybridized carbons (Fsp3) is 0.292. The highest BCUT2D eigenvalue weighted by atomic mass is 35.5. The lowest BCUT2D eigenvalue weighted by molar-refractivity contribution is -0.135. The quantitative estimate of drug-likeness (QED) is 0.458. The Labute approximate surface area is 198 Å². The van der Waals surface area contributed by atoms with Crippen molar-refractivity contribution in [2.75, 3.05) is 18.4 Å². The number of anilines is 1. The van der Waals surface area contributed by atoms with E-state index >= 15 is 0 Å². The Kier molecular flexibility index (Phi) is 7.94. The predicted octanol–water partition coefficient (Wildman–Crippen LogP) is 5.68. The van der Waals surface area contributed by atoms with Crippen molar-refractivity contribution in [2.24, 2.45) is 5.92 Å². The van der Waals surface area contributed by atoms with E-state index in [0.29, 0.717) is 40.2 Å². The van der Waals surface area contributed by atoms with Crippen molar-refractivity contribution < 1.29 is 9.59 Å². The number of nitrogens with one attached hydrogen (secondary N) is 1. The summed E-state index contributed by atoms with van der Waals surface area (Å²) < 4.78 is 1.61. The lowest BCUT2D eigenvalue weighted by atomic mass is 10.1. The van der Waals surface area contributed by atoms with Gasteiger partial charge in [-0.25, -0.2) is 4.68 Å². The van der Waals surface area contributed by atoms with Crippen molar-refractivity contribution in [1.82, 2.24) is 14.7 Å². The van der Waals surface area contributed by atoms with Crippen LogP contribution in [0.25, 0.3) is 16.9 Å². The highest BCUT2D eigenvalue weighted by Gasteiger charge is 2.19. The summed E-state index contributed by atoms with van der Waals surface area (Å²) in [5.41, 5.74) is 2.25. The molecule has 0 aliphatic carbocycles. The molecule has 0 unspecified atom stereocenters. The zero-order chi connectivity index (χ0) is 23.3. The minimum Gasteiger partial charge on any atom is -0.334 e. The van der Waals surface area contributed by atoms with Gasteiger partial charge in [-0.3, -0.25) is 9.59 Å². The van der Waals surface area contributed by atoms with Crippen LogP contribution in [0.3, 0.4) is 0 Å². The second-order valence-electron chi connectivity index (χ2n) is 7.85. The largest absolute Gasteiger partial charge is 0.334 e. The maximum absolute atomic E-state index is 12.8. The Hall–Kier alpha value is -2.83. The molecule has 3 rings (SSSR count). The lowest BCUT2D eigenvalue weighted by Crippen LogP contribution is -2.38. The van der Waals surface area contributed by atoms with Crippen LogP contribution in [0.4, 0.5) is 5.82 Å². The van der Waals surface area contributed by atoms with E-state index in [4.69, 9.17) is 23.2 Å².